The first-order valence-electron chi connectivity index (χ1n) is 6.36. The molecule has 1 aliphatic carbocycles. The molecule has 0 bridgehead atoms. The zero-order valence-corrected chi connectivity index (χ0v) is 12.1. The largest absolute Gasteiger partial charge is 0.303 e. The molecule has 0 radical (unpaired) electrons. The second-order valence-electron chi connectivity index (χ2n) is 4.67. The molecule has 3 nitrogen and oxygen atoms in total. The summed E-state index contributed by atoms with van der Waals surface area (Å²) in [5, 5.41) is 7.86. The molecule has 4 heteroatoms. The van der Waals surface area contributed by atoms with Crippen LogP contribution in [0.5, 0.6) is 0 Å². The molecular formula is C15H18N2OS. The summed E-state index contributed by atoms with van der Waals surface area (Å²) in [5.74, 6) is 0.171. The standard InChI is InChI=1S/C15H18N2OS/c1-17(2)16-9-8-12-5-3-6-13(15(12)18)11-14-7-4-10-19-14/h4,7-11H,3,5-6H2,1-2H3/b12-8+,13-11-,16-9?. The van der Waals surface area contributed by atoms with Crippen LogP contribution in [0.25, 0.3) is 6.08 Å². The van der Waals surface area contributed by atoms with Gasteiger partial charge in [0.05, 0.1) is 0 Å². The smallest absolute Gasteiger partial charge is 0.185 e. The van der Waals surface area contributed by atoms with Crippen LogP contribution in [0.4, 0.5) is 0 Å². The van der Waals surface area contributed by atoms with E-state index in [1.165, 1.54) is 0 Å². The summed E-state index contributed by atoms with van der Waals surface area (Å²) in [4.78, 5) is 13.5. The lowest BCUT2D eigenvalue weighted by atomic mass is 9.88. The van der Waals surface area contributed by atoms with Crippen LogP contribution in [-0.4, -0.2) is 31.1 Å². The molecule has 0 atom stereocenters. The Morgan fingerprint density at radius 1 is 1.32 bits per heavy atom. The molecule has 0 saturated heterocycles. The third-order valence-electron chi connectivity index (χ3n) is 2.91. The third-order valence-corrected chi connectivity index (χ3v) is 3.73. The third kappa shape index (κ3) is 3.89. The van der Waals surface area contributed by atoms with Gasteiger partial charge in [0.2, 0.25) is 0 Å². The Morgan fingerprint density at radius 2 is 2.11 bits per heavy atom. The molecule has 0 aliphatic heterocycles. The Morgan fingerprint density at radius 3 is 2.79 bits per heavy atom. The first-order valence-corrected chi connectivity index (χ1v) is 7.24. The molecule has 1 heterocycles. The van der Waals surface area contributed by atoms with Gasteiger partial charge in [0.1, 0.15) is 0 Å². The highest BCUT2D eigenvalue weighted by atomic mass is 32.1. The van der Waals surface area contributed by atoms with E-state index in [0.717, 1.165) is 35.3 Å². The highest BCUT2D eigenvalue weighted by Gasteiger charge is 2.19. The Bertz CT molecular complexity index is 524. The van der Waals surface area contributed by atoms with Crippen LogP contribution in [-0.2, 0) is 4.79 Å². The van der Waals surface area contributed by atoms with Crippen molar-refractivity contribution < 1.29 is 4.79 Å². The van der Waals surface area contributed by atoms with E-state index in [2.05, 4.69) is 5.10 Å². The van der Waals surface area contributed by atoms with Crippen molar-refractivity contribution >= 4 is 29.4 Å². The van der Waals surface area contributed by atoms with E-state index in [0.29, 0.717) is 0 Å². The highest BCUT2D eigenvalue weighted by molar-refractivity contribution is 7.10. The van der Waals surface area contributed by atoms with Crippen molar-refractivity contribution in [1.29, 1.82) is 0 Å². The Labute approximate surface area is 117 Å². The number of ketones is 1. The van der Waals surface area contributed by atoms with Crippen molar-refractivity contribution in [2.45, 2.75) is 19.3 Å². The summed E-state index contributed by atoms with van der Waals surface area (Å²) in [6.45, 7) is 0. The van der Waals surface area contributed by atoms with Gasteiger partial charge in [0, 0.05) is 36.3 Å². The lowest BCUT2D eigenvalue weighted by Crippen LogP contribution is -2.12. The summed E-state index contributed by atoms with van der Waals surface area (Å²) in [7, 11) is 3.72. The van der Waals surface area contributed by atoms with Crippen LogP contribution in [0.1, 0.15) is 24.1 Å². The fraction of sp³-hybridized carbons (Fsp3) is 0.333. The minimum atomic E-state index is 0.171. The predicted molar refractivity (Wildman–Crippen MR) is 81.4 cm³/mol. The average molecular weight is 274 g/mol. The van der Waals surface area contributed by atoms with E-state index in [9.17, 15) is 4.79 Å². The maximum atomic E-state index is 12.3. The molecule has 2 rings (SSSR count). The van der Waals surface area contributed by atoms with Crippen LogP contribution >= 0.6 is 11.3 Å². The molecule has 1 aromatic rings. The molecule has 1 saturated carbocycles. The Balaban J connectivity index is 2.15. The molecule has 0 amide bonds. The first kappa shape index (κ1) is 13.7. The molecule has 19 heavy (non-hydrogen) atoms. The fourth-order valence-electron chi connectivity index (χ4n) is 2.00. The summed E-state index contributed by atoms with van der Waals surface area (Å²) >= 11 is 1.66. The molecule has 0 unspecified atom stereocenters. The average Bonchev–Trinajstić information content (AvgIpc) is 2.86. The number of Topliss-reactive ketones (excluding diaryl/α,β-unsaturated/α-hetero) is 1. The maximum absolute atomic E-state index is 12.3. The van der Waals surface area contributed by atoms with E-state index >= 15 is 0 Å². The molecule has 0 N–H and O–H groups in total. The van der Waals surface area contributed by atoms with E-state index in [1.807, 2.05) is 43.8 Å². The molecule has 0 spiro atoms. The van der Waals surface area contributed by atoms with Crippen molar-refractivity contribution in [1.82, 2.24) is 5.01 Å². The lowest BCUT2D eigenvalue weighted by Gasteiger charge is -2.15. The number of hydrogen-bond donors (Lipinski definition) is 0. The second-order valence-corrected chi connectivity index (χ2v) is 5.65. The van der Waals surface area contributed by atoms with E-state index in [4.69, 9.17) is 0 Å². The monoisotopic (exact) mass is 274 g/mol. The zero-order valence-electron chi connectivity index (χ0n) is 11.3. The number of thiophene rings is 1. The van der Waals surface area contributed by atoms with Crippen molar-refractivity contribution in [3.8, 4) is 0 Å². The van der Waals surface area contributed by atoms with Gasteiger partial charge in [0.25, 0.3) is 0 Å². The minimum Gasteiger partial charge on any atom is -0.303 e. The lowest BCUT2D eigenvalue weighted by molar-refractivity contribution is -0.112. The minimum absolute atomic E-state index is 0.171. The zero-order chi connectivity index (χ0) is 13.7. The molecule has 1 fully saturated rings. The van der Waals surface area contributed by atoms with Gasteiger partial charge in [-0.05, 0) is 42.9 Å². The van der Waals surface area contributed by atoms with Crippen LogP contribution in [0.15, 0.2) is 39.8 Å². The van der Waals surface area contributed by atoms with Crippen molar-refractivity contribution in [2.75, 3.05) is 14.1 Å². The molecule has 100 valence electrons. The van der Waals surface area contributed by atoms with Crippen molar-refractivity contribution in [2.24, 2.45) is 5.10 Å². The SMILES string of the molecule is CN(C)N=C/C=C1\CCC/C(=C/c2cccs2)C1=O. The number of hydrogen-bond acceptors (Lipinski definition) is 4. The van der Waals surface area contributed by atoms with E-state index in [1.54, 1.807) is 22.6 Å². The maximum Gasteiger partial charge on any atom is 0.185 e. The molecular weight excluding hydrogens is 256 g/mol. The first-order chi connectivity index (χ1) is 9.16. The van der Waals surface area contributed by atoms with Crippen LogP contribution in [0.3, 0.4) is 0 Å². The number of hydrazone groups is 1. The van der Waals surface area contributed by atoms with Crippen LogP contribution < -0.4 is 0 Å². The van der Waals surface area contributed by atoms with Crippen LogP contribution in [0, 0.1) is 0 Å². The van der Waals surface area contributed by atoms with Gasteiger partial charge < -0.3 is 5.01 Å². The van der Waals surface area contributed by atoms with Gasteiger partial charge in [0.15, 0.2) is 5.78 Å². The van der Waals surface area contributed by atoms with Crippen molar-refractivity contribution in [3.05, 3.63) is 39.6 Å². The highest BCUT2D eigenvalue weighted by Crippen LogP contribution is 2.27. The quantitative estimate of drug-likeness (QED) is 0.481. The number of carbonyl (C=O) groups excluding carboxylic acids is 1. The predicted octanol–water partition coefficient (Wildman–Crippen LogP) is 3.36. The summed E-state index contributed by atoms with van der Waals surface area (Å²) in [6.07, 6.45) is 8.30. The fourth-order valence-corrected chi connectivity index (χ4v) is 2.68. The summed E-state index contributed by atoms with van der Waals surface area (Å²) in [5.41, 5.74) is 1.78. The summed E-state index contributed by atoms with van der Waals surface area (Å²) in [6, 6.07) is 4.04. The topological polar surface area (TPSA) is 32.7 Å². The van der Waals surface area contributed by atoms with Crippen LogP contribution in [0.2, 0.25) is 0 Å². The van der Waals surface area contributed by atoms with Crippen molar-refractivity contribution in [3.63, 3.8) is 0 Å². The van der Waals surface area contributed by atoms with Gasteiger partial charge in [-0.1, -0.05) is 6.07 Å². The Kier molecular flexibility index (Phi) is 4.68. The van der Waals surface area contributed by atoms with Gasteiger partial charge >= 0.3 is 0 Å². The van der Waals surface area contributed by atoms with Gasteiger partial charge in [-0.3, -0.25) is 4.79 Å². The molecule has 1 aromatic heterocycles. The number of carbonyl (C=O) groups is 1. The second kappa shape index (κ2) is 6.48. The van der Waals surface area contributed by atoms with Gasteiger partial charge in [-0.25, -0.2) is 0 Å². The van der Waals surface area contributed by atoms with E-state index < -0.39 is 0 Å². The molecule has 0 aromatic carbocycles. The van der Waals surface area contributed by atoms with Gasteiger partial charge in [-0.15, -0.1) is 11.3 Å². The summed E-state index contributed by atoms with van der Waals surface area (Å²) < 4.78 is 0. The van der Waals surface area contributed by atoms with E-state index in [-0.39, 0.29) is 5.78 Å². The number of allylic oxidation sites excluding steroid dienone is 3. The Hall–Kier alpha value is -1.68. The molecule has 1 aliphatic rings. The number of rotatable bonds is 3. The van der Waals surface area contributed by atoms with Gasteiger partial charge in [-0.2, -0.15) is 5.10 Å². The number of nitrogens with zero attached hydrogens (tertiary/aromatic N) is 2. The normalized spacial score (nSPS) is 20.6.